The van der Waals surface area contributed by atoms with Gasteiger partial charge >= 0.3 is 0 Å². The zero-order chi connectivity index (χ0) is 19.1. The highest BCUT2D eigenvalue weighted by atomic mass is 15.3. The van der Waals surface area contributed by atoms with Crippen LogP contribution in [0.3, 0.4) is 0 Å². The first-order valence-electron chi connectivity index (χ1n) is 8.88. The lowest BCUT2D eigenvalue weighted by molar-refractivity contribution is 0.671. The molecule has 0 aromatic carbocycles. The van der Waals surface area contributed by atoms with E-state index in [4.69, 9.17) is 5.10 Å². The third-order valence-electron chi connectivity index (χ3n) is 4.68. The Labute approximate surface area is 157 Å². The van der Waals surface area contributed by atoms with Crippen LogP contribution in [0.2, 0.25) is 0 Å². The zero-order valence-electron chi connectivity index (χ0n) is 15.8. The van der Waals surface area contributed by atoms with E-state index in [2.05, 4.69) is 29.9 Å². The van der Waals surface area contributed by atoms with Crippen LogP contribution in [-0.4, -0.2) is 24.1 Å². The monoisotopic (exact) mass is 356 g/mol. The van der Waals surface area contributed by atoms with Crippen molar-refractivity contribution in [1.29, 1.82) is 5.26 Å². The second kappa shape index (κ2) is 6.36. The Bertz CT molecular complexity index is 1190. The van der Waals surface area contributed by atoms with Crippen LogP contribution in [0.25, 0.3) is 28.2 Å². The number of hydrogen-bond acceptors (Lipinski definition) is 4. The van der Waals surface area contributed by atoms with Crippen LogP contribution >= 0.6 is 0 Å². The van der Waals surface area contributed by atoms with Crippen molar-refractivity contribution in [2.24, 2.45) is 7.05 Å². The normalized spacial score (nSPS) is 11.3. The lowest BCUT2D eigenvalue weighted by atomic mass is 9.97. The van der Waals surface area contributed by atoms with E-state index in [9.17, 15) is 5.26 Å². The van der Waals surface area contributed by atoms with Gasteiger partial charge in [0.25, 0.3) is 0 Å². The highest BCUT2D eigenvalue weighted by Crippen LogP contribution is 2.37. The molecule has 0 aliphatic rings. The third kappa shape index (κ3) is 2.77. The molecule has 6 heteroatoms. The van der Waals surface area contributed by atoms with Gasteiger partial charge in [0.1, 0.15) is 23.1 Å². The Morgan fingerprint density at radius 3 is 2.67 bits per heavy atom. The number of hydrogen-bond donors (Lipinski definition) is 0. The van der Waals surface area contributed by atoms with Crippen molar-refractivity contribution < 1.29 is 0 Å². The van der Waals surface area contributed by atoms with E-state index in [1.165, 1.54) is 0 Å². The number of rotatable bonds is 3. The van der Waals surface area contributed by atoms with Crippen molar-refractivity contribution in [3.8, 4) is 28.6 Å². The van der Waals surface area contributed by atoms with Crippen LogP contribution in [-0.2, 0) is 7.05 Å². The number of aryl methyl sites for hydroxylation is 2. The second-order valence-corrected chi connectivity index (χ2v) is 6.95. The predicted octanol–water partition coefficient (Wildman–Crippen LogP) is 4.10. The fraction of sp³-hybridized carbons (Fsp3) is 0.238. The molecular weight excluding hydrogens is 336 g/mol. The van der Waals surface area contributed by atoms with Crippen molar-refractivity contribution in [1.82, 2.24) is 24.1 Å². The third-order valence-corrected chi connectivity index (χ3v) is 4.68. The minimum Gasteiger partial charge on any atom is -0.291 e. The fourth-order valence-corrected chi connectivity index (χ4v) is 3.55. The lowest BCUT2D eigenvalue weighted by Crippen LogP contribution is -2.01. The average Bonchev–Trinajstić information content (AvgIpc) is 3.21. The summed E-state index contributed by atoms with van der Waals surface area (Å²) in [5, 5.41) is 14.2. The van der Waals surface area contributed by atoms with E-state index >= 15 is 0 Å². The molecule has 0 aliphatic heterocycles. The van der Waals surface area contributed by atoms with Crippen molar-refractivity contribution in [3.63, 3.8) is 0 Å². The van der Waals surface area contributed by atoms with Gasteiger partial charge in [-0.2, -0.15) is 10.4 Å². The molecular formula is C21H20N6. The Balaban J connectivity index is 2.03. The topological polar surface area (TPSA) is 71.8 Å². The molecule has 27 heavy (non-hydrogen) atoms. The smallest absolute Gasteiger partial charge is 0.144 e. The van der Waals surface area contributed by atoms with Gasteiger partial charge in [-0.05, 0) is 37.1 Å². The Morgan fingerprint density at radius 2 is 1.96 bits per heavy atom. The molecule has 6 nitrogen and oxygen atoms in total. The summed E-state index contributed by atoms with van der Waals surface area (Å²) in [5.74, 6) is 0.282. The van der Waals surface area contributed by atoms with Gasteiger partial charge in [0, 0.05) is 35.8 Å². The molecule has 0 saturated heterocycles. The summed E-state index contributed by atoms with van der Waals surface area (Å²) in [6.45, 7) is 6.29. The van der Waals surface area contributed by atoms with Crippen molar-refractivity contribution in [3.05, 3.63) is 59.8 Å². The van der Waals surface area contributed by atoms with Gasteiger partial charge in [0.05, 0.1) is 11.9 Å². The number of nitriles is 1. The van der Waals surface area contributed by atoms with Crippen LogP contribution in [0.15, 0.2) is 42.7 Å². The minimum absolute atomic E-state index is 0.282. The Morgan fingerprint density at radius 1 is 1.15 bits per heavy atom. The SMILES string of the molecule is Cc1cccc(-c2nn(C)c(C(C)C)c2-c2ccc3ncc(C#N)n3c2)n1. The second-order valence-electron chi connectivity index (χ2n) is 6.95. The summed E-state index contributed by atoms with van der Waals surface area (Å²) >= 11 is 0. The van der Waals surface area contributed by atoms with Gasteiger partial charge in [-0.3, -0.25) is 14.1 Å². The van der Waals surface area contributed by atoms with Crippen LogP contribution in [0.1, 0.15) is 36.8 Å². The predicted molar refractivity (Wildman–Crippen MR) is 104 cm³/mol. The van der Waals surface area contributed by atoms with Crippen molar-refractivity contribution in [2.45, 2.75) is 26.7 Å². The highest BCUT2D eigenvalue weighted by Gasteiger charge is 2.22. The summed E-state index contributed by atoms with van der Waals surface area (Å²) < 4.78 is 3.75. The van der Waals surface area contributed by atoms with Gasteiger partial charge in [0.2, 0.25) is 0 Å². The molecule has 4 aromatic rings. The standard InChI is InChI=1S/C21H20N6/c1-13(2)21-19(15-8-9-18-23-11-16(10-22)27(18)12-15)20(25-26(21)4)17-7-5-6-14(3)24-17/h5-9,11-13H,1-4H3. The first-order valence-corrected chi connectivity index (χ1v) is 8.88. The summed E-state index contributed by atoms with van der Waals surface area (Å²) in [7, 11) is 1.97. The lowest BCUT2D eigenvalue weighted by Gasteiger charge is -2.11. The Hall–Kier alpha value is -3.46. The molecule has 0 radical (unpaired) electrons. The molecule has 0 atom stereocenters. The fourth-order valence-electron chi connectivity index (χ4n) is 3.55. The first kappa shape index (κ1) is 17.0. The number of imidazole rings is 1. The van der Waals surface area contributed by atoms with Crippen molar-refractivity contribution >= 4 is 5.65 Å². The molecule has 134 valence electrons. The molecule has 0 spiro atoms. The maximum atomic E-state index is 9.36. The Kier molecular flexibility index (Phi) is 4.00. The zero-order valence-corrected chi connectivity index (χ0v) is 15.8. The number of aromatic nitrogens is 5. The first-order chi connectivity index (χ1) is 13.0. The van der Waals surface area contributed by atoms with Crippen LogP contribution < -0.4 is 0 Å². The van der Waals surface area contributed by atoms with E-state index in [0.717, 1.165) is 39.5 Å². The number of nitrogens with zero attached hydrogens (tertiary/aromatic N) is 6. The molecule has 4 aromatic heterocycles. The molecule has 0 unspecified atom stereocenters. The molecule has 0 N–H and O–H groups in total. The van der Waals surface area contributed by atoms with Crippen molar-refractivity contribution in [2.75, 3.05) is 0 Å². The van der Waals surface area contributed by atoms with E-state index < -0.39 is 0 Å². The number of fused-ring (bicyclic) bond motifs is 1. The molecule has 0 fully saturated rings. The molecule has 4 heterocycles. The van der Waals surface area contributed by atoms with Gasteiger partial charge < -0.3 is 0 Å². The average molecular weight is 356 g/mol. The molecule has 0 aliphatic carbocycles. The summed E-state index contributed by atoms with van der Waals surface area (Å²) in [4.78, 5) is 8.97. The molecule has 0 saturated carbocycles. The van der Waals surface area contributed by atoms with E-state index in [-0.39, 0.29) is 5.92 Å². The maximum absolute atomic E-state index is 9.36. The summed E-state index contributed by atoms with van der Waals surface area (Å²) in [6, 6.07) is 12.1. The van der Waals surface area contributed by atoms with Gasteiger partial charge in [-0.25, -0.2) is 4.98 Å². The van der Waals surface area contributed by atoms with E-state index in [0.29, 0.717) is 5.69 Å². The highest BCUT2D eigenvalue weighted by molar-refractivity contribution is 5.82. The maximum Gasteiger partial charge on any atom is 0.144 e. The van der Waals surface area contributed by atoms with Gasteiger partial charge in [-0.15, -0.1) is 0 Å². The quantitative estimate of drug-likeness (QED) is 0.554. The van der Waals surface area contributed by atoms with E-state index in [1.54, 1.807) is 6.20 Å². The summed E-state index contributed by atoms with van der Waals surface area (Å²) in [6.07, 6.45) is 3.55. The van der Waals surface area contributed by atoms with Gasteiger partial charge in [-0.1, -0.05) is 19.9 Å². The molecule has 0 amide bonds. The van der Waals surface area contributed by atoms with Crippen LogP contribution in [0, 0.1) is 18.3 Å². The molecule has 0 bridgehead atoms. The van der Waals surface area contributed by atoms with Crippen LogP contribution in [0.5, 0.6) is 0 Å². The molecule has 4 rings (SSSR count). The van der Waals surface area contributed by atoms with Gasteiger partial charge in [0.15, 0.2) is 0 Å². The largest absolute Gasteiger partial charge is 0.291 e. The number of pyridine rings is 2. The minimum atomic E-state index is 0.282. The van der Waals surface area contributed by atoms with E-state index in [1.807, 2.05) is 59.6 Å². The summed E-state index contributed by atoms with van der Waals surface area (Å²) in [5.41, 5.74) is 7.08. The van der Waals surface area contributed by atoms with Crippen LogP contribution in [0.4, 0.5) is 0 Å².